The first-order chi connectivity index (χ1) is 13.6. The normalized spacial score (nSPS) is 18.5. The molecule has 1 aromatic carbocycles. The molecule has 2 heterocycles. The number of benzene rings is 1. The molecule has 28 heavy (non-hydrogen) atoms. The number of nitrogens with one attached hydrogen (secondary N) is 1. The van der Waals surface area contributed by atoms with E-state index in [1.807, 2.05) is 23.9 Å². The van der Waals surface area contributed by atoms with E-state index in [9.17, 15) is 9.18 Å². The molecule has 9 heteroatoms. The molecule has 0 bridgehead atoms. The maximum atomic E-state index is 14.2. The lowest BCUT2D eigenvalue weighted by atomic mass is 9.79. The third-order valence-corrected chi connectivity index (χ3v) is 5.13. The number of hydrogen-bond donors (Lipinski definition) is 1. The molecule has 0 unspecified atom stereocenters. The summed E-state index contributed by atoms with van der Waals surface area (Å²) in [5.74, 6) is 0.907. The van der Waals surface area contributed by atoms with E-state index in [-0.39, 0.29) is 23.3 Å². The molecule has 2 aromatic heterocycles. The van der Waals surface area contributed by atoms with E-state index in [0.717, 1.165) is 24.5 Å². The van der Waals surface area contributed by atoms with Crippen molar-refractivity contribution in [2.45, 2.75) is 31.3 Å². The van der Waals surface area contributed by atoms with Crippen molar-refractivity contribution in [2.24, 2.45) is 7.05 Å². The zero-order valence-corrected chi connectivity index (χ0v) is 15.7. The lowest BCUT2D eigenvalue weighted by molar-refractivity contribution is 0.0902. The summed E-state index contributed by atoms with van der Waals surface area (Å²) in [4.78, 5) is 12.4. The van der Waals surface area contributed by atoms with Crippen molar-refractivity contribution < 1.29 is 13.9 Å². The van der Waals surface area contributed by atoms with Crippen molar-refractivity contribution in [3.63, 3.8) is 0 Å². The minimum Gasteiger partial charge on any atom is -0.494 e. The first-order valence-corrected chi connectivity index (χ1v) is 9.05. The van der Waals surface area contributed by atoms with Gasteiger partial charge in [-0.05, 0) is 31.0 Å². The van der Waals surface area contributed by atoms with Crippen LogP contribution >= 0.6 is 0 Å². The minimum absolute atomic E-state index is 0.0111. The van der Waals surface area contributed by atoms with Crippen LogP contribution in [-0.4, -0.2) is 43.6 Å². The van der Waals surface area contributed by atoms with Gasteiger partial charge >= 0.3 is 0 Å². The summed E-state index contributed by atoms with van der Waals surface area (Å²) in [6.07, 6.45) is 5.08. The van der Waals surface area contributed by atoms with Gasteiger partial charge in [0, 0.05) is 31.4 Å². The molecule has 1 fully saturated rings. The lowest BCUT2D eigenvalue weighted by Crippen LogP contribution is -2.44. The second kappa shape index (κ2) is 7.41. The summed E-state index contributed by atoms with van der Waals surface area (Å²) in [5.41, 5.74) is -0.0111. The van der Waals surface area contributed by atoms with E-state index in [1.165, 1.54) is 19.2 Å². The van der Waals surface area contributed by atoms with Gasteiger partial charge < -0.3 is 14.6 Å². The predicted octanol–water partition coefficient (Wildman–Crippen LogP) is 1.88. The second-order valence-electron chi connectivity index (χ2n) is 6.90. The molecule has 0 atom stereocenters. The number of carbonyl (C=O) groups is 1. The Morgan fingerprint density at radius 1 is 1.32 bits per heavy atom. The van der Waals surface area contributed by atoms with Crippen LogP contribution in [0.2, 0.25) is 0 Å². The van der Waals surface area contributed by atoms with Crippen LogP contribution in [0.4, 0.5) is 4.39 Å². The van der Waals surface area contributed by atoms with Crippen LogP contribution in [0, 0.1) is 5.82 Å². The molecule has 146 valence electrons. The molecule has 1 aliphatic rings. The topological polar surface area (TPSA) is 86.9 Å². The third kappa shape index (κ3) is 3.35. The Hall–Kier alpha value is -3.23. The van der Waals surface area contributed by atoms with Gasteiger partial charge in [0.1, 0.15) is 12.4 Å². The molecular weight excluding hydrogens is 363 g/mol. The average Bonchev–Trinajstić information content (AvgIpc) is 3.29. The summed E-state index contributed by atoms with van der Waals surface area (Å²) in [6.45, 7) is 0.554. The Morgan fingerprint density at radius 3 is 2.86 bits per heavy atom. The molecule has 1 aliphatic carbocycles. The van der Waals surface area contributed by atoms with Gasteiger partial charge in [-0.1, -0.05) is 6.07 Å². The Kier molecular flexibility index (Phi) is 4.81. The van der Waals surface area contributed by atoms with Gasteiger partial charge in [-0.15, -0.1) is 10.2 Å². The van der Waals surface area contributed by atoms with Crippen LogP contribution in [0.1, 0.15) is 40.8 Å². The number of carbonyl (C=O) groups excluding carboxylic acids is 1. The predicted molar refractivity (Wildman–Crippen MR) is 98.5 cm³/mol. The molecule has 0 saturated heterocycles. The number of halogens is 1. The van der Waals surface area contributed by atoms with E-state index in [4.69, 9.17) is 4.74 Å². The van der Waals surface area contributed by atoms with Crippen molar-refractivity contribution in [2.75, 3.05) is 7.11 Å². The Balaban J connectivity index is 1.36. The summed E-state index contributed by atoms with van der Waals surface area (Å²) >= 11 is 0. The fraction of sp³-hybridized carbons (Fsp3) is 0.368. The van der Waals surface area contributed by atoms with Crippen molar-refractivity contribution >= 4 is 5.91 Å². The van der Waals surface area contributed by atoms with Crippen LogP contribution in [0.25, 0.3) is 0 Å². The molecule has 4 rings (SSSR count). The van der Waals surface area contributed by atoms with Gasteiger partial charge in [-0.25, -0.2) is 4.39 Å². The number of hydrogen-bond acceptors (Lipinski definition) is 5. The summed E-state index contributed by atoms with van der Waals surface area (Å²) in [7, 11) is 3.31. The van der Waals surface area contributed by atoms with Gasteiger partial charge in [0.15, 0.2) is 17.4 Å². The maximum Gasteiger partial charge on any atom is 0.254 e. The number of ether oxygens (including phenoxy) is 1. The van der Waals surface area contributed by atoms with E-state index >= 15 is 0 Å². The van der Waals surface area contributed by atoms with Crippen LogP contribution in [0.3, 0.4) is 0 Å². The molecule has 0 radical (unpaired) electrons. The lowest BCUT2D eigenvalue weighted by Gasteiger charge is -2.35. The van der Waals surface area contributed by atoms with Crippen molar-refractivity contribution in [3.8, 4) is 5.75 Å². The molecular formula is C19H21FN6O2. The maximum absolute atomic E-state index is 14.2. The average molecular weight is 384 g/mol. The Bertz CT molecular complexity index is 978. The van der Waals surface area contributed by atoms with Crippen molar-refractivity contribution in [1.29, 1.82) is 0 Å². The zero-order chi connectivity index (χ0) is 19.7. The Labute approximate surface area is 161 Å². The van der Waals surface area contributed by atoms with Gasteiger partial charge in [-0.3, -0.25) is 9.48 Å². The SMILES string of the molecule is COc1cccc(C(=O)NC2CC(c3nnc(Cn4cccn4)n3C)C2)c1F. The van der Waals surface area contributed by atoms with Gasteiger partial charge in [0.25, 0.3) is 5.91 Å². The number of methoxy groups -OCH3 is 1. The van der Waals surface area contributed by atoms with Crippen molar-refractivity contribution in [3.05, 3.63) is 59.7 Å². The highest BCUT2D eigenvalue weighted by Crippen LogP contribution is 2.36. The highest BCUT2D eigenvalue weighted by Gasteiger charge is 2.35. The van der Waals surface area contributed by atoms with Gasteiger partial charge in [0.05, 0.1) is 12.7 Å². The number of nitrogens with zero attached hydrogens (tertiary/aromatic N) is 5. The standard InChI is InChI=1S/C19H21FN6O2/c1-25-16(11-26-8-4-7-21-26)23-24-18(25)12-9-13(10-12)22-19(27)14-5-3-6-15(28-2)17(14)20/h3-8,12-13H,9-11H2,1-2H3,(H,22,27). The number of aromatic nitrogens is 5. The zero-order valence-electron chi connectivity index (χ0n) is 15.7. The second-order valence-corrected chi connectivity index (χ2v) is 6.90. The molecule has 0 spiro atoms. The van der Waals surface area contributed by atoms with Gasteiger partial charge in [0.2, 0.25) is 0 Å². The molecule has 0 aliphatic heterocycles. The van der Waals surface area contributed by atoms with E-state index in [2.05, 4.69) is 20.6 Å². The highest BCUT2D eigenvalue weighted by molar-refractivity contribution is 5.95. The first kappa shape index (κ1) is 18.1. The number of rotatable bonds is 6. The first-order valence-electron chi connectivity index (χ1n) is 9.05. The Morgan fingerprint density at radius 2 is 2.14 bits per heavy atom. The fourth-order valence-electron chi connectivity index (χ4n) is 3.46. The molecule has 8 nitrogen and oxygen atoms in total. The molecule has 1 amide bonds. The quantitative estimate of drug-likeness (QED) is 0.701. The monoisotopic (exact) mass is 384 g/mol. The van der Waals surface area contributed by atoms with E-state index in [1.54, 1.807) is 16.9 Å². The van der Waals surface area contributed by atoms with Crippen LogP contribution in [-0.2, 0) is 13.6 Å². The third-order valence-electron chi connectivity index (χ3n) is 5.13. The van der Waals surface area contributed by atoms with E-state index in [0.29, 0.717) is 6.54 Å². The number of amides is 1. The summed E-state index contributed by atoms with van der Waals surface area (Å²) < 4.78 is 22.9. The summed E-state index contributed by atoms with van der Waals surface area (Å²) in [5, 5.41) is 15.6. The summed E-state index contributed by atoms with van der Waals surface area (Å²) in [6, 6.07) is 6.38. The van der Waals surface area contributed by atoms with E-state index < -0.39 is 11.7 Å². The van der Waals surface area contributed by atoms with Crippen LogP contribution in [0.5, 0.6) is 5.75 Å². The van der Waals surface area contributed by atoms with Crippen molar-refractivity contribution in [1.82, 2.24) is 29.9 Å². The molecule has 1 N–H and O–H groups in total. The fourth-order valence-corrected chi connectivity index (χ4v) is 3.46. The molecule has 1 saturated carbocycles. The minimum atomic E-state index is -0.644. The van der Waals surface area contributed by atoms with Crippen LogP contribution in [0.15, 0.2) is 36.7 Å². The highest BCUT2D eigenvalue weighted by atomic mass is 19.1. The van der Waals surface area contributed by atoms with Crippen LogP contribution < -0.4 is 10.1 Å². The largest absolute Gasteiger partial charge is 0.494 e. The smallest absolute Gasteiger partial charge is 0.254 e. The van der Waals surface area contributed by atoms with Gasteiger partial charge in [-0.2, -0.15) is 5.10 Å². The molecule has 3 aromatic rings.